The van der Waals surface area contributed by atoms with Gasteiger partial charge in [0, 0.05) is 18.3 Å². The molecule has 0 bridgehead atoms. The molecule has 2 aliphatic carbocycles. The number of Topliss-reactive ketones (excluding diaryl/α,β-unsaturated/α-hetero) is 1. The summed E-state index contributed by atoms with van der Waals surface area (Å²) in [6, 6.07) is 0. The van der Waals surface area contributed by atoms with E-state index in [1.807, 2.05) is 0 Å². The van der Waals surface area contributed by atoms with Crippen LogP contribution in [0.1, 0.15) is 64.2 Å². The lowest BCUT2D eigenvalue weighted by Gasteiger charge is -2.32. The number of aliphatic hydroxyl groups excluding tert-OH is 2. The lowest BCUT2D eigenvalue weighted by atomic mass is 9.78. The molecule has 0 radical (unpaired) electrons. The average molecular weight is 254 g/mol. The molecule has 0 aromatic rings. The van der Waals surface area contributed by atoms with Gasteiger partial charge in [-0.1, -0.05) is 19.3 Å². The van der Waals surface area contributed by atoms with Crippen LogP contribution in [0.15, 0.2) is 0 Å². The third kappa shape index (κ3) is 3.55. The van der Waals surface area contributed by atoms with E-state index in [9.17, 15) is 15.0 Å². The van der Waals surface area contributed by atoms with Gasteiger partial charge >= 0.3 is 0 Å². The summed E-state index contributed by atoms with van der Waals surface area (Å²) in [4.78, 5) is 12.1. The van der Waals surface area contributed by atoms with Crippen molar-refractivity contribution in [2.45, 2.75) is 76.4 Å². The molecule has 0 heterocycles. The van der Waals surface area contributed by atoms with E-state index in [-0.39, 0.29) is 11.8 Å². The van der Waals surface area contributed by atoms with Gasteiger partial charge in [-0.2, -0.15) is 0 Å². The fourth-order valence-corrected chi connectivity index (χ4v) is 3.54. The molecule has 3 heteroatoms. The summed E-state index contributed by atoms with van der Waals surface area (Å²) in [6.07, 6.45) is 8.58. The lowest BCUT2D eigenvalue weighted by molar-refractivity contribution is -0.124. The smallest absolute Gasteiger partial charge is 0.135 e. The van der Waals surface area contributed by atoms with E-state index < -0.39 is 12.2 Å². The Kier molecular flexibility index (Phi) is 5.19. The molecule has 18 heavy (non-hydrogen) atoms. The van der Waals surface area contributed by atoms with E-state index in [4.69, 9.17) is 0 Å². The van der Waals surface area contributed by atoms with Gasteiger partial charge < -0.3 is 10.2 Å². The highest BCUT2D eigenvalue weighted by molar-refractivity contribution is 5.81. The van der Waals surface area contributed by atoms with E-state index in [0.717, 1.165) is 32.1 Å². The monoisotopic (exact) mass is 254 g/mol. The maximum Gasteiger partial charge on any atom is 0.135 e. The van der Waals surface area contributed by atoms with Crippen LogP contribution in [0.3, 0.4) is 0 Å². The second kappa shape index (κ2) is 6.67. The van der Waals surface area contributed by atoms with Crippen LogP contribution >= 0.6 is 0 Å². The average Bonchev–Trinajstić information content (AvgIpc) is 2.39. The lowest BCUT2D eigenvalue weighted by Crippen LogP contribution is -2.36. The maximum absolute atomic E-state index is 12.1. The van der Waals surface area contributed by atoms with Crippen molar-refractivity contribution >= 4 is 5.78 Å². The van der Waals surface area contributed by atoms with Crippen LogP contribution in [-0.2, 0) is 4.79 Å². The molecule has 2 aliphatic rings. The molecule has 0 amide bonds. The molecule has 0 aromatic carbocycles. The largest absolute Gasteiger partial charge is 0.393 e. The van der Waals surface area contributed by atoms with Crippen molar-refractivity contribution in [2.24, 2.45) is 11.8 Å². The van der Waals surface area contributed by atoms with Crippen molar-refractivity contribution in [1.82, 2.24) is 0 Å². The van der Waals surface area contributed by atoms with Crippen LogP contribution in [0.5, 0.6) is 0 Å². The van der Waals surface area contributed by atoms with Crippen molar-refractivity contribution in [3.63, 3.8) is 0 Å². The summed E-state index contributed by atoms with van der Waals surface area (Å²) >= 11 is 0. The van der Waals surface area contributed by atoms with Crippen molar-refractivity contribution < 1.29 is 15.0 Å². The molecule has 2 fully saturated rings. The Morgan fingerprint density at radius 3 is 2.11 bits per heavy atom. The highest BCUT2D eigenvalue weighted by Gasteiger charge is 2.31. The van der Waals surface area contributed by atoms with Gasteiger partial charge in [0.2, 0.25) is 0 Å². The molecule has 2 N–H and O–H groups in total. The minimum Gasteiger partial charge on any atom is -0.393 e. The fraction of sp³-hybridized carbons (Fsp3) is 0.933. The summed E-state index contributed by atoms with van der Waals surface area (Å²) in [7, 11) is 0. The standard InChI is InChI=1S/C15H26O3/c16-13(11-5-2-1-3-6-11)10-9-12-14(17)7-4-8-15(12)18/h11-12,14-15,17-18H,1-10H2. The van der Waals surface area contributed by atoms with Crippen molar-refractivity contribution in [2.75, 3.05) is 0 Å². The molecule has 0 saturated heterocycles. The molecule has 3 nitrogen and oxygen atoms in total. The second-order valence-electron chi connectivity index (χ2n) is 6.07. The van der Waals surface area contributed by atoms with Gasteiger partial charge in [0.1, 0.15) is 5.78 Å². The molecule has 2 rings (SSSR count). The Bertz CT molecular complexity index is 261. The van der Waals surface area contributed by atoms with Crippen LogP contribution < -0.4 is 0 Å². The molecule has 0 spiro atoms. The molecule has 2 saturated carbocycles. The molecule has 0 aliphatic heterocycles. The molecule has 2 unspecified atom stereocenters. The van der Waals surface area contributed by atoms with Gasteiger partial charge in [0.15, 0.2) is 0 Å². The van der Waals surface area contributed by atoms with E-state index >= 15 is 0 Å². The van der Waals surface area contributed by atoms with E-state index in [1.54, 1.807) is 0 Å². The van der Waals surface area contributed by atoms with Crippen LogP contribution in [0, 0.1) is 11.8 Å². The minimum atomic E-state index is -0.409. The second-order valence-corrected chi connectivity index (χ2v) is 6.07. The number of carbonyl (C=O) groups excluding carboxylic acids is 1. The van der Waals surface area contributed by atoms with Crippen LogP contribution in [-0.4, -0.2) is 28.2 Å². The quantitative estimate of drug-likeness (QED) is 0.810. The molecule has 2 atom stereocenters. The molecular weight excluding hydrogens is 228 g/mol. The zero-order valence-electron chi connectivity index (χ0n) is 11.2. The Hall–Kier alpha value is -0.410. The van der Waals surface area contributed by atoms with Crippen LogP contribution in [0.25, 0.3) is 0 Å². The third-order valence-electron chi connectivity index (χ3n) is 4.77. The number of hydrogen-bond acceptors (Lipinski definition) is 3. The third-order valence-corrected chi connectivity index (χ3v) is 4.77. The molecule has 0 aromatic heterocycles. The first kappa shape index (κ1) is 14.0. The number of rotatable bonds is 4. The van der Waals surface area contributed by atoms with Crippen LogP contribution in [0.2, 0.25) is 0 Å². The van der Waals surface area contributed by atoms with Gasteiger partial charge in [-0.15, -0.1) is 0 Å². The summed E-state index contributed by atoms with van der Waals surface area (Å²) < 4.78 is 0. The zero-order chi connectivity index (χ0) is 13.0. The van der Waals surface area contributed by atoms with E-state index in [0.29, 0.717) is 18.6 Å². The van der Waals surface area contributed by atoms with Gasteiger partial charge in [0.25, 0.3) is 0 Å². The predicted octanol–water partition coefficient (Wildman–Crippen LogP) is 2.44. The first-order valence-corrected chi connectivity index (χ1v) is 7.57. The summed E-state index contributed by atoms with van der Waals surface area (Å²) in [6.45, 7) is 0. The van der Waals surface area contributed by atoms with E-state index in [2.05, 4.69) is 0 Å². The Labute approximate surface area is 110 Å². The first-order valence-electron chi connectivity index (χ1n) is 7.57. The van der Waals surface area contributed by atoms with Crippen molar-refractivity contribution in [3.8, 4) is 0 Å². The SMILES string of the molecule is O=C(CCC1C(O)CCCC1O)C1CCCCC1. The predicted molar refractivity (Wildman–Crippen MR) is 70.2 cm³/mol. The number of carbonyl (C=O) groups is 1. The Balaban J connectivity index is 1.77. The summed E-state index contributed by atoms with van der Waals surface area (Å²) in [5, 5.41) is 19.8. The molecular formula is C15H26O3. The summed E-state index contributed by atoms with van der Waals surface area (Å²) in [5.41, 5.74) is 0. The zero-order valence-corrected chi connectivity index (χ0v) is 11.2. The normalized spacial score (nSPS) is 34.4. The van der Waals surface area contributed by atoms with Gasteiger partial charge in [-0.25, -0.2) is 0 Å². The van der Waals surface area contributed by atoms with Gasteiger partial charge in [0.05, 0.1) is 12.2 Å². The number of aliphatic hydroxyl groups is 2. The highest BCUT2D eigenvalue weighted by atomic mass is 16.3. The highest BCUT2D eigenvalue weighted by Crippen LogP contribution is 2.31. The van der Waals surface area contributed by atoms with Gasteiger partial charge in [-0.05, 0) is 38.5 Å². The maximum atomic E-state index is 12.1. The summed E-state index contributed by atoms with van der Waals surface area (Å²) in [5.74, 6) is 0.544. The first-order chi connectivity index (χ1) is 8.68. The number of hydrogen-bond donors (Lipinski definition) is 2. The Morgan fingerprint density at radius 1 is 0.889 bits per heavy atom. The van der Waals surface area contributed by atoms with E-state index in [1.165, 1.54) is 19.3 Å². The number of ketones is 1. The minimum absolute atomic E-state index is 0.0775. The van der Waals surface area contributed by atoms with Gasteiger partial charge in [-0.3, -0.25) is 4.79 Å². The topological polar surface area (TPSA) is 57.5 Å². The molecule has 104 valence electrons. The van der Waals surface area contributed by atoms with Crippen molar-refractivity contribution in [1.29, 1.82) is 0 Å². The fourth-order valence-electron chi connectivity index (χ4n) is 3.54. The Morgan fingerprint density at radius 2 is 1.50 bits per heavy atom. The van der Waals surface area contributed by atoms with Crippen molar-refractivity contribution in [3.05, 3.63) is 0 Å². The van der Waals surface area contributed by atoms with Crippen LogP contribution in [0.4, 0.5) is 0 Å².